The highest BCUT2D eigenvalue weighted by Gasteiger charge is 2.16. The Labute approximate surface area is 94.0 Å². The summed E-state index contributed by atoms with van der Waals surface area (Å²) in [5.41, 5.74) is 1.48. The van der Waals surface area contributed by atoms with Crippen LogP contribution in [0.25, 0.3) is 6.08 Å². The first-order chi connectivity index (χ1) is 7.56. The normalized spacial score (nSPS) is 10.6. The summed E-state index contributed by atoms with van der Waals surface area (Å²) in [6.07, 6.45) is 2.85. The van der Waals surface area contributed by atoms with E-state index in [1.165, 1.54) is 12.1 Å². The highest BCUT2D eigenvalue weighted by molar-refractivity contribution is 5.58. The number of nitro benzene ring substituents is 1. The quantitative estimate of drug-likeness (QED) is 0.442. The lowest BCUT2D eigenvalue weighted by Crippen LogP contribution is -1.97. The van der Waals surface area contributed by atoms with Crippen LogP contribution in [0.4, 0.5) is 5.69 Å². The van der Waals surface area contributed by atoms with Crippen LogP contribution in [0.5, 0.6) is 0 Å². The third-order valence-corrected chi connectivity index (χ3v) is 2.22. The van der Waals surface area contributed by atoms with Crippen LogP contribution in [-0.2, 0) is 0 Å². The lowest BCUT2D eigenvalue weighted by Gasteiger charge is -2.06. The summed E-state index contributed by atoms with van der Waals surface area (Å²) in [7, 11) is 0. The Morgan fingerprint density at radius 1 is 1.50 bits per heavy atom. The van der Waals surface area contributed by atoms with Gasteiger partial charge in [0.1, 0.15) is 0 Å². The minimum atomic E-state index is -0.390. The Kier molecular flexibility index (Phi) is 3.78. The van der Waals surface area contributed by atoms with Gasteiger partial charge in [0.25, 0.3) is 5.69 Å². The van der Waals surface area contributed by atoms with E-state index in [0.29, 0.717) is 11.1 Å². The second kappa shape index (κ2) is 5.08. The van der Waals surface area contributed by atoms with Gasteiger partial charge in [-0.25, -0.2) is 0 Å². The zero-order valence-electron chi connectivity index (χ0n) is 9.18. The van der Waals surface area contributed by atoms with E-state index in [4.69, 9.17) is 5.26 Å². The molecule has 0 fully saturated rings. The van der Waals surface area contributed by atoms with Crippen LogP contribution in [0, 0.1) is 21.4 Å². The van der Waals surface area contributed by atoms with Crippen LogP contribution >= 0.6 is 0 Å². The molecule has 0 radical (unpaired) electrons. The van der Waals surface area contributed by atoms with E-state index in [1.807, 2.05) is 19.9 Å². The summed E-state index contributed by atoms with van der Waals surface area (Å²) < 4.78 is 0. The number of benzene rings is 1. The van der Waals surface area contributed by atoms with Crippen molar-refractivity contribution in [2.75, 3.05) is 0 Å². The number of hydrogen-bond acceptors (Lipinski definition) is 3. The third kappa shape index (κ3) is 2.67. The van der Waals surface area contributed by atoms with Gasteiger partial charge in [0.15, 0.2) is 0 Å². The molecule has 0 aliphatic carbocycles. The van der Waals surface area contributed by atoms with Gasteiger partial charge in [0, 0.05) is 17.7 Å². The molecule has 0 aliphatic heterocycles. The topological polar surface area (TPSA) is 66.9 Å². The molecule has 0 aliphatic rings. The molecule has 0 heterocycles. The van der Waals surface area contributed by atoms with E-state index in [9.17, 15) is 10.1 Å². The van der Waals surface area contributed by atoms with E-state index in [1.54, 1.807) is 18.2 Å². The van der Waals surface area contributed by atoms with Crippen molar-refractivity contribution in [1.82, 2.24) is 0 Å². The van der Waals surface area contributed by atoms with Crippen molar-refractivity contribution in [2.45, 2.75) is 19.8 Å². The predicted molar refractivity (Wildman–Crippen MR) is 61.8 cm³/mol. The Bertz CT molecular complexity index is 470. The zero-order chi connectivity index (χ0) is 12.1. The molecule has 0 bridgehead atoms. The van der Waals surface area contributed by atoms with Crippen molar-refractivity contribution in [3.05, 3.63) is 45.5 Å². The lowest BCUT2D eigenvalue weighted by molar-refractivity contribution is -0.385. The molecule has 1 aromatic carbocycles. The van der Waals surface area contributed by atoms with Gasteiger partial charge in [-0.1, -0.05) is 26.0 Å². The van der Waals surface area contributed by atoms with E-state index in [0.717, 1.165) is 0 Å². The van der Waals surface area contributed by atoms with Crippen molar-refractivity contribution >= 4 is 11.8 Å². The van der Waals surface area contributed by atoms with Crippen molar-refractivity contribution in [3.8, 4) is 6.07 Å². The average molecular weight is 216 g/mol. The van der Waals surface area contributed by atoms with E-state index < -0.39 is 0 Å². The molecule has 0 spiro atoms. The van der Waals surface area contributed by atoms with Crippen molar-refractivity contribution in [1.29, 1.82) is 5.26 Å². The maximum Gasteiger partial charge on any atom is 0.273 e. The highest BCUT2D eigenvalue weighted by atomic mass is 16.6. The SMILES string of the molecule is CC(C)c1ccc(C=CC#N)cc1[N+](=O)[O-]. The molecule has 0 unspecified atom stereocenters. The molecule has 0 saturated heterocycles. The summed E-state index contributed by atoms with van der Waals surface area (Å²) in [5, 5.41) is 19.2. The van der Waals surface area contributed by atoms with Gasteiger partial charge in [-0.2, -0.15) is 5.26 Å². The van der Waals surface area contributed by atoms with Crippen molar-refractivity contribution in [3.63, 3.8) is 0 Å². The van der Waals surface area contributed by atoms with Crippen LogP contribution < -0.4 is 0 Å². The smallest absolute Gasteiger partial charge is 0.258 e. The maximum atomic E-state index is 10.9. The molecule has 0 atom stereocenters. The number of nitro groups is 1. The van der Waals surface area contributed by atoms with Gasteiger partial charge in [-0.05, 0) is 17.6 Å². The first-order valence-corrected chi connectivity index (χ1v) is 4.90. The van der Waals surface area contributed by atoms with Gasteiger partial charge < -0.3 is 0 Å². The summed E-state index contributed by atoms with van der Waals surface area (Å²) in [6.45, 7) is 3.82. The van der Waals surface area contributed by atoms with Crippen molar-refractivity contribution in [2.24, 2.45) is 0 Å². The first kappa shape index (κ1) is 11.9. The lowest BCUT2D eigenvalue weighted by atomic mass is 9.99. The van der Waals surface area contributed by atoms with Gasteiger partial charge in [0.05, 0.1) is 11.0 Å². The molecule has 16 heavy (non-hydrogen) atoms. The molecule has 4 heteroatoms. The van der Waals surface area contributed by atoms with Crippen LogP contribution in [0.15, 0.2) is 24.3 Å². The number of allylic oxidation sites excluding steroid dienone is 1. The second-order valence-corrected chi connectivity index (χ2v) is 3.69. The van der Waals surface area contributed by atoms with Gasteiger partial charge in [-0.3, -0.25) is 10.1 Å². The van der Waals surface area contributed by atoms with Crippen LogP contribution in [0.2, 0.25) is 0 Å². The van der Waals surface area contributed by atoms with E-state index in [-0.39, 0.29) is 16.5 Å². The minimum Gasteiger partial charge on any atom is -0.258 e. The zero-order valence-corrected chi connectivity index (χ0v) is 9.18. The largest absolute Gasteiger partial charge is 0.273 e. The molecule has 0 saturated carbocycles. The standard InChI is InChI=1S/C12H12N2O2/c1-9(2)11-6-5-10(4-3-7-13)8-12(11)14(15)16/h3-6,8-9H,1-2H3. The molecule has 0 aromatic heterocycles. The number of rotatable bonds is 3. The summed E-state index contributed by atoms with van der Waals surface area (Å²) in [4.78, 5) is 10.5. The van der Waals surface area contributed by atoms with Crippen LogP contribution in [-0.4, -0.2) is 4.92 Å². The molecule has 0 N–H and O–H groups in total. The summed E-state index contributed by atoms with van der Waals surface area (Å²) in [6, 6.07) is 6.85. The maximum absolute atomic E-state index is 10.9. The average Bonchev–Trinajstić information content (AvgIpc) is 2.25. The fourth-order valence-electron chi connectivity index (χ4n) is 1.44. The number of nitrogens with zero attached hydrogens (tertiary/aromatic N) is 2. The van der Waals surface area contributed by atoms with E-state index >= 15 is 0 Å². The molecule has 1 rings (SSSR count). The molecular weight excluding hydrogens is 204 g/mol. The summed E-state index contributed by atoms with van der Waals surface area (Å²) in [5.74, 6) is 0.106. The van der Waals surface area contributed by atoms with Crippen molar-refractivity contribution < 1.29 is 4.92 Å². The Balaban J connectivity index is 3.24. The second-order valence-electron chi connectivity index (χ2n) is 3.69. The monoisotopic (exact) mass is 216 g/mol. The number of nitriles is 1. The van der Waals surface area contributed by atoms with Gasteiger partial charge in [0.2, 0.25) is 0 Å². The fourth-order valence-corrected chi connectivity index (χ4v) is 1.44. The third-order valence-electron chi connectivity index (χ3n) is 2.22. The Morgan fingerprint density at radius 3 is 2.69 bits per heavy atom. The molecular formula is C12H12N2O2. The van der Waals surface area contributed by atoms with Crippen LogP contribution in [0.1, 0.15) is 30.9 Å². The first-order valence-electron chi connectivity index (χ1n) is 4.90. The van der Waals surface area contributed by atoms with Crippen LogP contribution in [0.3, 0.4) is 0 Å². The molecule has 1 aromatic rings. The Morgan fingerprint density at radius 2 is 2.19 bits per heavy atom. The number of hydrogen-bond donors (Lipinski definition) is 0. The summed E-state index contributed by atoms with van der Waals surface area (Å²) >= 11 is 0. The molecule has 82 valence electrons. The predicted octanol–water partition coefficient (Wildman–Crippen LogP) is 3.25. The minimum absolute atomic E-state index is 0.106. The van der Waals surface area contributed by atoms with Gasteiger partial charge in [-0.15, -0.1) is 0 Å². The van der Waals surface area contributed by atoms with Gasteiger partial charge >= 0.3 is 0 Å². The van der Waals surface area contributed by atoms with E-state index in [2.05, 4.69) is 0 Å². The Hall–Kier alpha value is -2.15. The molecule has 4 nitrogen and oxygen atoms in total. The highest BCUT2D eigenvalue weighted by Crippen LogP contribution is 2.27. The fraction of sp³-hybridized carbons (Fsp3) is 0.250. The molecule has 0 amide bonds.